The van der Waals surface area contributed by atoms with Crippen molar-refractivity contribution in [3.05, 3.63) is 42.9 Å². The molecule has 8 N–H and O–H groups in total. The molecule has 284 valence electrons. The molecule has 0 bridgehead atoms. The Hall–Kier alpha value is -4.47. The van der Waals surface area contributed by atoms with Gasteiger partial charge in [-0.3, -0.25) is 14.2 Å². The summed E-state index contributed by atoms with van der Waals surface area (Å²) in [6, 6.07) is 7.41. The number of aromatic nitrogens is 3. The van der Waals surface area contributed by atoms with Crippen molar-refractivity contribution >= 4 is 40.4 Å². The number of rotatable bonds is 17. The van der Waals surface area contributed by atoms with Gasteiger partial charge in [-0.2, -0.15) is 0 Å². The van der Waals surface area contributed by atoms with E-state index in [4.69, 9.17) is 18.9 Å². The molecule has 0 spiro atoms. The third-order valence-corrected chi connectivity index (χ3v) is 8.66. The second-order valence-corrected chi connectivity index (χ2v) is 12.4. The Morgan fingerprint density at radius 1 is 1.08 bits per heavy atom. The fourth-order valence-electron chi connectivity index (χ4n) is 5.92. The number of aliphatic hydroxyl groups is 5. The zero-order chi connectivity index (χ0) is 37.5. The molecule has 2 saturated heterocycles. The number of amides is 3. The predicted octanol–water partition coefficient (Wildman–Crippen LogP) is -1.03. The molecule has 2 aromatic heterocycles. The zero-order valence-electron chi connectivity index (χ0n) is 28.9. The Morgan fingerprint density at radius 2 is 1.83 bits per heavy atom. The molecule has 5 rings (SSSR count). The first kappa shape index (κ1) is 38.8. The predicted molar refractivity (Wildman–Crippen MR) is 182 cm³/mol. The van der Waals surface area contributed by atoms with Crippen molar-refractivity contribution in [2.75, 3.05) is 44.0 Å². The number of hydrogen-bond donors (Lipinski definition) is 8. The number of nitrogens with zero attached hydrogens (tertiary/aromatic N) is 4. The molecular weight excluding hydrogens is 686 g/mol. The van der Waals surface area contributed by atoms with Gasteiger partial charge in [-0.1, -0.05) is 0 Å². The van der Waals surface area contributed by atoms with E-state index < -0.39 is 80.3 Å². The number of hydrogen-bond acceptors (Lipinski definition) is 15. The molecule has 0 aliphatic carbocycles. The molecule has 2 aliphatic rings. The van der Waals surface area contributed by atoms with Crippen molar-refractivity contribution < 1.29 is 58.9 Å². The fraction of sp³-hybridized carbons (Fsp3) is 0.545. The van der Waals surface area contributed by atoms with Crippen LogP contribution in [0.3, 0.4) is 0 Å². The van der Waals surface area contributed by atoms with E-state index in [0.717, 1.165) is 0 Å². The van der Waals surface area contributed by atoms with Crippen LogP contribution in [-0.2, 0) is 23.8 Å². The Morgan fingerprint density at radius 3 is 2.48 bits per heavy atom. The van der Waals surface area contributed by atoms with Gasteiger partial charge in [-0.25, -0.2) is 14.8 Å². The van der Waals surface area contributed by atoms with Gasteiger partial charge in [0.05, 0.1) is 31.3 Å². The highest BCUT2D eigenvalue weighted by atomic mass is 16.7. The van der Waals surface area contributed by atoms with E-state index in [1.165, 1.54) is 29.6 Å². The molecule has 7 unspecified atom stereocenters. The maximum absolute atomic E-state index is 13.0. The highest BCUT2D eigenvalue weighted by Gasteiger charge is 2.63. The summed E-state index contributed by atoms with van der Waals surface area (Å²) in [4.78, 5) is 47.5. The average Bonchev–Trinajstić information content (AvgIpc) is 3.70. The standard InChI is InChI=1S/C33H45N7O12/c1-17(43)26(51-32(22(45)14-41)52-27-24-31(40(24)18(2)44)50-23(15-42)25(27)46)30(47)35-11-4-5-13-49-20-8-6-19(7-9-20)38-33(48)39-12-10-21-28(34-3)36-16-37-29(21)39/h6-10,12,16-17,22-27,31-32,41-43,45-46H,4-5,11,13-15H2,1-3H3,(H,35,47)(H,38,48)(H,34,36,37)/t17-,22-,23?,24?,25?,26?,27?,31?,32?,40?/m0/s1. The van der Waals surface area contributed by atoms with Gasteiger partial charge < -0.3 is 65.3 Å². The molecule has 19 nitrogen and oxygen atoms in total. The molecule has 1 aromatic carbocycles. The Bertz CT molecular complexity index is 1670. The molecule has 19 heteroatoms. The number of ether oxygens (including phenoxy) is 4. The summed E-state index contributed by atoms with van der Waals surface area (Å²) in [5.41, 5.74) is 1.01. The van der Waals surface area contributed by atoms with Crippen LogP contribution >= 0.6 is 0 Å². The van der Waals surface area contributed by atoms with E-state index in [2.05, 4.69) is 25.9 Å². The van der Waals surface area contributed by atoms with Crippen LogP contribution in [-0.4, -0.2) is 151 Å². The largest absolute Gasteiger partial charge is 0.494 e. The molecule has 52 heavy (non-hydrogen) atoms. The minimum atomic E-state index is -1.70. The molecular formula is C33H45N7O12. The van der Waals surface area contributed by atoms with Crippen molar-refractivity contribution in [1.29, 1.82) is 0 Å². The maximum Gasteiger partial charge on any atom is 0.331 e. The number of anilines is 2. The molecule has 4 heterocycles. The molecule has 2 fully saturated rings. The number of aliphatic hydroxyl groups excluding tert-OH is 5. The van der Waals surface area contributed by atoms with Crippen LogP contribution < -0.4 is 20.7 Å². The lowest BCUT2D eigenvalue weighted by molar-refractivity contribution is -0.273. The molecule has 9 atom stereocenters. The monoisotopic (exact) mass is 731 g/mol. The summed E-state index contributed by atoms with van der Waals surface area (Å²) in [7, 11) is 1.74. The highest BCUT2D eigenvalue weighted by molar-refractivity contribution is 5.99. The third-order valence-electron chi connectivity index (χ3n) is 8.66. The number of nitrogens with one attached hydrogen (secondary N) is 3. The van der Waals surface area contributed by atoms with E-state index >= 15 is 0 Å². The summed E-state index contributed by atoms with van der Waals surface area (Å²) in [5.74, 6) is 0.0909. The highest BCUT2D eigenvalue weighted by Crippen LogP contribution is 2.41. The van der Waals surface area contributed by atoms with E-state index in [-0.39, 0.29) is 12.5 Å². The van der Waals surface area contributed by atoms with Crippen molar-refractivity contribution in [3.63, 3.8) is 0 Å². The van der Waals surface area contributed by atoms with Gasteiger partial charge >= 0.3 is 6.03 Å². The lowest BCUT2D eigenvalue weighted by Crippen LogP contribution is -2.55. The Labute approximate surface area is 298 Å². The van der Waals surface area contributed by atoms with Gasteiger partial charge in [0.2, 0.25) is 5.91 Å². The van der Waals surface area contributed by atoms with E-state index in [9.17, 15) is 39.9 Å². The molecule has 0 saturated carbocycles. The first-order valence-electron chi connectivity index (χ1n) is 16.8. The normalized spacial score (nSPS) is 23.2. The minimum absolute atomic E-state index is 0.191. The number of fused-ring (bicyclic) bond motifs is 2. The summed E-state index contributed by atoms with van der Waals surface area (Å²) in [6.45, 7) is 1.68. The maximum atomic E-state index is 13.0. The summed E-state index contributed by atoms with van der Waals surface area (Å²) in [6.07, 6.45) is -6.79. The van der Waals surface area contributed by atoms with Gasteiger partial charge in [0.15, 0.2) is 24.3 Å². The molecule has 2 aliphatic heterocycles. The van der Waals surface area contributed by atoms with Gasteiger partial charge in [-0.15, -0.1) is 0 Å². The lowest BCUT2D eigenvalue weighted by atomic mass is 10.0. The molecule has 0 radical (unpaired) electrons. The second kappa shape index (κ2) is 17.4. The zero-order valence-corrected chi connectivity index (χ0v) is 28.9. The smallest absolute Gasteiger partial charge is 0.331 e. The number of carbonyl (C=O) groups is 3. The summed E-state index contributed by atoms with van der Waals surface area (Å²) in [5, 5.41) is 60.0. The first-order valence-corrected chi connectivity index (χ1v) is 16.8. The summed E-state index contributed by atoms with van der Waals surface area (Å²) < 4.78 is 24.2. The van der Waals surface area contributed by atoms with E-state index in [1.807, 2.05) is 0 Å². The lowest BCUT2D eigenvalue weighted by Gasteiger charge is -2.36. The van der Waals surface area contributed by atoms with Crippen LogP contribution in [0, 0.1) is 0 Å². The van der Waals surface area contributed by atoms with Gasteiger partial charge in [0.1, 0.15) is 48.4 Å². The number of benzene rings is 1. The Kier molecular flexibility index (Phi) is 12.9. The quantitative estimate of drug-likeness (QED) is 0.0469. The van der Waals surface area contributed by atoms with Crippen LogP contribution in [0.1, 0.15) is 26.7 Å². The first-order chi connectivity index (χ1) is 25.0. The number of carbonyl (C=O) groups excluding carboxylic acids is 3. The van der Waals surface area contributed by atoms with Gasteiger partial charge in [0, 0.05) is 32.4 Å². The van der Waals surface area contributed by atoms with Crippen LogP contribution in [0.2, 0.25) is 0 Å². The van der Waals surface area contributed by atoms with Crippen molar-refractivity contribution in [1.82, 2.24) is 24.8 Å². The van der Waals surface area contributed by atoms with Crippen molar-refractivity contribution in [3.8, 4) is 5.75 Å². The SMILES string of the molecule is CNc1ncnc2c1ccn2C(=O)Nc1ccc(OCCCCNC(=O)C(OC(OC2C(O)C(CO)OC3C2N3C(C)=O)[C@@H](O)CO)[C@H](C)O)cc1. The molecule has 3 amide bonds. The van der Waals surface area contributed by atoms with E-state index in [1.54, 1.807) is 43.6 Å². The van der Waals surface area contributed by atoms with Crippen LogP contribution in [0.25, 0.3) is 11.0 Å². The molecule has 3 aromatic rings. The van der Waals surface area contributed by atoms with Crippen molar-refractivity contribution in [2.24, 2.45) is 0 Å². The average molecular weight is 732 g/mol. The third kappa shape index (κ3) is 8.76. The van der Waals surface area contributed by atoms with Gasteiger partial charge in [0.25, 0.3) is 5.91 Å². The van der Waals surface area contributed by atoms with Gasteiger partial charge in [-0.05, 0) is 50.1 Å². The van der Waals surface area contributed by atoms with Crippen LogP contribution in [0.15, 0.2) is 42.9 Å². The van der Waals surface area contributed by atoms with Crippen molar-refractivity contribution in [2.45, 2.75) is 81.9 Å². The fourth-order valence-corrected chi connectivity index (χ4v) is 5.92. The van der Waals surface area contributed by atoms with Crippen LogP contribution in [0.5, 0.6) is 5.75 Å². The Balaban J connectivity index is 1.06. The summed E-state index contributed by atoms with van der Waals surface area (Å²) >= 11 is 0. The van der Waals surface area contributed by atoms with E-state index in [0.29, 0.717) is 47.7 Å². The van der Waals surface area contributed by atoms with Crippen LogP contribution in [0.4, 0.5) is 16.3 Å². The number of unbranched alkanes of at least 4 members (excludes halogenated alkanes) is 1. The second-order valence-electron chi connectivity index (χ2n) is 12.4. The topological polar surface area (TPSA) is 259 Å². The minimum Gasteiger partial charge on any atom is -0.494 e.